The minimum Gasteiger partial charge on any atom is -0.482 e. The fourth-order valence-corrected chi connectivity index (χ4v) is 2.97. The highest BCUT2D eigenvalue weighted by Gasteiger charge is 2.17. The quantitative estimate of drug-likeness (QED) is 0.656. The molecule has 2 amide bonds. The van der Waals surface area contributed by atoms with E-state index in [1.165, 1.54) is 0 Å². The first-order chi connectivity index (χ1) is 10.5. The lowest BCUT2D eigenvalue weighted by Crippen LogP contribution is -2.25. The van der Waals surface area contributed by atoms with Crippen LogP contribution >= 0.6 is 38.5 Å². The summed E-state index contributed by atoms with van der Waals surface area (Å²) in [5.41, 5.74) is 1.72. The Kier molecular flexibility index (Phi) is 4.34. The van der Waals surface area contributed by atoms with E-state index in [-0.39, 0.29) is 18.4 Å². The van der Waals surface area contributed by atoms with Crippen LogP contribution in [0.2, 0.25) is 0 Å². The van der Waals surface area contributed by atoms with Gasteiger partial charge in [-0.15, -0.1) is 0 Å². The number of rotatable bonds is 2. The molecule has 0 fully saturated rings. The molecule has 0 bridgehead atoms. The molecule has 2 aromatic carbocycles. The summed E-state index contributed by atoms with van der Waals surface area (Å²) in [6.07, 6.45) is 0. The van der Waals surface area contributed by atoms with Crippen molar-refractivity contribution in [2.45, 2.75) is 0 Å². The van der Waals surface area contributed by atoms with Gasteiger partial charge in [0.1, 0.15) is 5.75 Å². The van der Waals surface area contributed by atoms with Gasteiger partial charge in [0.25, 0.3) is 11.8 Å². The SMILES string of the molecule is O=C1COc2ccc(NC(=O)c3cc(Br)ccc3I)cc2N1. The van der Waals surface area contributed by atoms with Gasteiger partial charge in [0.2, 0.25) is 0 Å². The lowest BCUT2D eigenvalue weighted by atomic mass is 10.2. The lowest BCUT2D eigenvalue weighted by Gasteiger charge is -2.18. The summed E-state index contributed by atoms with van der Waals surface area (Å²) in [7, 11) is 0. The number of fused-ring (bicyclic) bond motifs is 1. The summed E-state index contributed by atoms with van der Waals surface area (Å²) in [6.45, 7) is 0.00887. The molecule has 7 heteroatoms. The van der Waals surface area contributed by atoms with Crippen molar-refractivity contribution in [1.82, 2.24) is 0 Å². The third-order valence-electron chi connectivity index (χ3n) is 3.04. The molecule has 1 aliphatic rings. The third kappa shape index (κ3) is 3.25. The van der Waals surface area contributed by atoms with Gasteiger partial charge in [0, 0.05) is 13.7 Å². The van der Waals surface area contributed by atoms with Gasteiger partial charge in [-0.1, -0.05) is 15.9 Å². The van der Waals surface area contributed by atoms with E-state index < -0.39 is 0 Å². The van der Waals surface area contributed by atoms with Crippen molar-refractivity contribution in [1.29, 1.82) is 0 Å². The Labute approximate surface area is 148 Å². The maximum atomic E-state index is 12.4. The maximum Gasteiger partial charge on any atom is 0.262 e. The maximum absolute atomic E-state index is 12.4. The first kappa shape index (κ1) is 15.3. The first-order valence-corrected chi connectivity index (χ1v) is 8.23. The zero-order chi connectivity index (χ0) is 15.7. The molecule has 0 aromatic heterocycles. The molecule has 0 atom stereocenters. The highest BCUT2D eigenvalue weighted by Crippen LogP contribution is 2.30. The molecule has 0 saturated heterocycles. The number of carbonyl (C=O) groups excluding carboxylic acids is 2. The van der Waals surface area contributed by atoms with Gasteiger partial charge in [-0.3, -0.25) is 9.59 Å². The zero-order valence-electron chi connectivity index (χ0n) is 11.2. The molecule has 1 aliphatic heterocycles. The minimum absolute atomic E-state index is 0.00887. The Bertz CT molecular complexity index is 779. The molecular formula is C15H10BrIN2O3. The largest absolute Gasteiger partial charge is 0.482 e. The van der Waals surface area contributed by atoms with E-state index in [1.807, 2.05) is 12.1 Å². The monoisotopic (exact) mass is 472 g/mol. The van der Waals surface area contributed by atoms with Gasteiger partial charge in [0.15, 0.2) is 6.61 Å². The van der Waals surface area contributed by atoms with E-state index in [2.05, 4.69) is 49.2 Å². The van der Waals surface area contributed by atoms with Gasteiger partial charge in [-0.25, -0.2) is 0 Å². The fourth-order valence-electron chi connectivity index (χ4n) is 2.03. The highest BCUT2D eigenvalue weighted by molar-refractivity contribution is 14.1. The number of ether oxygens (including phenoxy) is 1. The molecule has 0 aliphatic carbocycles. The molecule has 0 saturated carbocycles. The van der Waals surface area contributed by atoms with Crippen molar-refractivity contribution in [3.63, 3.8) is 0 Å². The molecule has 112 valence electrons. The van der Waals surface area contributed by atoms with Gasteiger partial charge in [0.05, 0.1) is 11.3 Å². The number of hydrogen-bond acceptors (Lipinski definition) is 3. The lowest BCUT2D eigenvalue weighted by molar-refractivity contribution is -0.118. The van der Waals surface area contributed by atoms with E-state index in [1.54, 1.807) is 24.3 Å². The van der Waals surface area contributed by atoms with Gasteiger partial charge < -0.3 is 15.4 Å². The summed E-state index contributed by atoms with van der Waals surface area (Å²) < 4.78 is 6.97. The van der Waals surface area contributed by atoms with Crippen molar-refractivity contribution in [3.05, 3.63) is 50.0 Å². The van der Waals surface area contributed by atoms with Gasteiger partial charge in [-0.05, 0) is 59.0 Å². The zero-order valence-corrected chi connectivity index (χ0v) is 14.9. The smallest absolute Gasteiger partial charge is 0.262 e. The third-order valence-corrected chi connectivity index (χ3v) is 4.48. The van der Waals surface area contributed by atoms with Crippen molar-refractivity contribution in [2.24, 2.45) is 0 Å². The van der Waals surface area contributed by atoms with E-state index in [0.717, 1.165) is 8.04 Å². The van der Waals surface area contributed by atoms with Crippen LogP contribution < -0.4 is 15.4 Å². The molecule has 22 heavy (non-hydrogen) atoms. The first-order valence-electron chi connectivity index (χ1n) is 6.36. The predicted molar refractivity (Wildman–Crippen MR) is 95.4 cm³/mol. The molecule has 0 spiro atoms. The summed E-state index contributed by atoms with van der Waals surface area (Å²) in [5.74, 6) is 0.167. The van der Waals surface area contributed by atoms with E-state index >= 15 is 0 Å². The summed E-state index contributed by atoms with van der Waals surface area (Å²) in [6, 6.07) is 10.6. The van der Waals surface area contributed by atoms with Gasteiger partial charge in [-0.2, -0.15) is 0 Å². The number of benzene rings is 2. The second kappa shape index (κ2) is 6.25. The van der Waals surface area contributed by atoms with Gasteiger partial charge >= 0.3 is 0 Å². The Hall–Kier alpha value is -1.61. The van der Waals surface area contributed by atoms with Crippen LogP contribution in [0.3, 0.4) is 0 Å². The number of anilines is 2. The van der Waals surface area contributed by atoms with Crippen LogP contribution in [0.25, 0.3) is 0 Å². The van der Waals surface area contributed by atoms with Crippen LogP contribution in [0.4, 0.5) is 11.4 Å². The van der Waals surface area contributed by atoms with E-state index in [0.29, 0.717) is 22.7 Å². The number of amides is 2. The fraction of sp³-hybridized carbons (Fsp3) is 0.0667. The van der Waals surface area contributed by atoms with Crippen LogP contribution in [0, 0.1) is 3.57 Å². The normalized spacial score (nSPS) is 12.9. The topological polar surface area (TPSA) is 67.4 Å². The van der Waals surface area contributed by atoms with Crippen LogP contribution in [-0.4, -0.2) is 18.4 Å². The Morgan fingerprint density at radius 1 is 1.27 bits per heavy atom. The Morgan fingerprint density at radius 2 is 2.09 bits per heavy atom. The molecule has 2 aromatic rings. The average Bonchev–Trinajstić information content (AvgIpc) is 2.49. The second-order valence-corrected chi connectivity index (χ2v) is 6.70. The Morgan fingerprint density at radius 3 is 2.91 bits per heavy atom. The van der Waals surface area contributed by atoms with Crippen LogP contribution in [0.5, 0.6) is 5.75 Å². The molecule has 3 rings (SSSR count). The molecule has 0 radical (unpaired) electrons. The second-order valence-electron chi connectivity index (χ2n) is 4.63. The number of halogens is 2. The predicted octanol–water partition coefficient (Wildman–Crippen LogP) is 3.64. The molecule has 1 heterocycles. The number of carbonyl (C=O) groups is 2. The van der Waals surface area contributed by atoms with Crippen molar-refractivity contribution in [2.75, 3.05) is 17.2 Å². The molecule has 2 N–H and O–H groups in total. The molecule has 0 unspecified atom stereocenters. The van der Waals surface area contributed by atoms with Crippen molar-refractivity contribution >= 4 is 61.7 Å². The summed E-state index contributed by atoms with van der Waals surface area (Å²) in [5, 5.41) is 5.53. The Balaban J connectivity index is 1.84. The molecule has 5 nitrogen and oxygen atoms in total. The van der Waals surface area contributed by atoms with Crippen LogP contribution in [0.15, 0.2) is 40.9 Å². The van der Waals surface area contributed by atoms with Crippen molar-refractivity contribution < 1.29 is 14.3 Å². The average molecular weight is 473 g/mol. The highest BCUT2D eigenvalue weighted by atomic mass is 127. The van der Waals surface area contributed by atoms with Crippen molar-refractivity contribution in [3.8, 4) is 5.75 Å². The standard InChI is InChI=1S/C15H10BrIN2O3/c16-8-1-3-11(17)10(5-8)15(21)18-9-2-4-13-12(6-9)19-14(20)7-22-13/h1-6H,7H2,(H,18,21)(H,19,20). The van der Waals surface area contributed by atoms with E-state index in [4.69, 9.17) is 4.74 Å². The summed E-state index contributed by atoms with van der Waals surface area (Å²) in [4.78, 5) is 23.7. The molecular weight excluding hydrogens is 463 g/mol. The summed E-state index contributed by atoms with van der Waals surface area (Å²) >= 11 is 5.47. The number of hydrogen-bond donors (Lipinski definition) is 2. The number of nitrogens with one attached hydrogen (secondary N) is 2. The van der Waals surface area contributed by atoms with E-state index in [9.17, 15) is 9.59 Å². The minimum atomic E-state index is -0.214. The van der Waals surface area contributed by atoms with Crippen LogP contribution in [0.1, 0.15) is 10.4 Å². The van der Waals surface area contributed by atoms with Crippen LogP contribution in [-0.2, 0) is 4.79 Å².